The van der Waals surface area contributed by atoms with Crippen LogP contribution in [0.25, 0.3) is 28.1 Å². The quantitative estimate of drug-likeness (QED) is 0.228. The molecule has 0 amide bonds. The zero-order chi connectivity index (χ0) is 25.1. The Hall–Kier alpha value is -3.74. The van der Waals surface area contributed by atoms with Crippen LogP contribution in [0.2, 0.25) is 10.0 Å². The van der Waals surface area contributed by atoms with Gasteiger partial charge in [-0.3, -0.25) is 9.59 Å². The average molecular weight is 507 g/mol. The number of aromatic nitrogens is 2. The van der Waals surface area contributed by atoms with Crippen LogP contribution >= 0.6 is 23.2 Å². The molecule has 0 N–H and O–H groups in total. The summed E-state index contributed by atoms with van der Waals surface area (Å²) in [6, 6.07) is 20.1. The van der Waals surface area contributed by atoms with Crippen LogP contribution in [0, 0.1) is 0 Å². The summed E-state index contributed by atoms with van der Waals surface area (Å²) in [4.78, 5) is 39.2. The zero-order valence-corrected chi connectivity index (χ0v) is 20.4. The van der Waals surface area contributed by atoms with Crippen molar-refractivity contribution >= 4 is 35.0 Å². The van der Waals surface area contributed by atoms with Crippen LogP contribution in [0.5, 0.6) is 0 Å². The second-order valence-electron chi connectivity index (χ2n) is 7.62. The highest BCUT2D eigenvalue weighted by Crippen LogP contribution is 2.34. The molecule has 1 heterocycles. The number of ether oxygens (including phenoxy) is 1. The molecule has 6 nitrogen and oxygen atoms in total. The lowest BCUT2D eigenvalue weighted by Crippen LogP contribution is -2.30. The number of para-hydroxylation sites is 1. The number of carbonyl (C=O) groups is 2. The van der Waals surface area contributed by atoms with Gasteiger partial charge in [-0.05, 0) is 55.8 Å². The minimum absolute atomic E-state index is 0.0639. The molecule has 0 atom stereocenters. The normalized spacial score (nSPS) is 10.7. The maximum Gasteiger partial charge on any atom is 0.340 e. The number of benzene rings is 3. The first-order chi connectivity index (χ1) is 16.8. The molecule has 0 aliphatic rings. The number of rotatable bonds is 6. The summed E-state index contributed by atoms with van der Waals surface area (Å²) in [5.41, 5.74) is 1.60. The van der Waals surface area contributed by atoms with Crippen molar-refractivity contribution in [2.24, 2.45) is 0 Å². The number of ketones is 1. The SMILES string of the molecule is CCOC(=O)c1ccccc1-n1nc(-c2ccc(Cl)cc2)c(-c2ccc(Cl)cc2)c(C(C)=O)c1=O. The third-order valence-corrected chi connectivity index (χ3v) is 5.83. The lowest BCUT2D eigenvalue weighted by molar-refractivity contribution is 0.0526. The molecule has 0 aliphatic carbocycles. The van der Waals surface area contributed by atoms with Crippen LogP contribution in [0.1, 0.15) is 34.6 Å². The van der Waals surface area contributed by atoms with E-state index in [1.54, 1.807) is 79.7 Å². The summed E-state index contributed by atoms with van der Waals surface area (Å²) >= 11 is 12.2. The molecule has 35 heavy (non-hydrogen) atoms. The smallest absolute Gasteiger partial charge is 0.340 e. The number of hydrogen-bond acceptors (Lipinski definition) is 5. The molecule has 0 radical (unpaired) electrons. The van der Waals surface area contributed by atoms with Crippen molar-refractivity contribution < 1.29 is 14.3 Å². The Kier molecular flexibility index (Phi) is 7.15. The fraction of sp³-hybridized carbons (Fsp3) is 0.111. The van der Waals surface area contributed by atoms with Crippen LogP contribution in [-0.2, 0) is 4.74 Å². The average Bonchev–Trinajstić information content (AvgIpc) is 2.85. The summed E-state index contributed by atoms with van der Waals surface area (Å²) < 4.78 is 6.24. The van der Waals surface area contributed by atoms with E-state index in [2.05, 4.69) is 5.10 Å². The molecule has 0 unspecified atom stereocenters. The summed E-state index contributed by atoms with van der Waals surface area (Å²) in [7, 11) is 0. The first kappa shape index (κ1) is 24.4. The molecule has 0 fully saturated rings. The van der Waals surface area contributed by atoms with Gasteiger partial charge >= 0.3 is 5.97 Å². The van der Waals surface area contributed by atoms with Crippen molar-refractivity contribution in [3.63, 3.8) is 0 Å². The Labute approximate surface area is 211 Å². The van der Waals surface area contributed by atoms with Crippen molar-refractivity contribution in [1.82, 2.24) is 9.78 Å². The molecule has 0 bridgehead atoms. The highest BCUT2D eigenvalue weighted by molar-refractivity contribution is 6.31. The van der Waals surface area contributed by atoms with E-state index in [-0.39, 0.29) is 23.4 Å². The van der Waals surface area contributed by atoms with Crippen LogP contribution in [0.4, 0.5) is 0 Å². The van der Waals surface area contributed by atoms with E-state index in [9.17, 15) is 14.4 Å². The lowest BCUT2D eigenvalue weighted by Gasteiger charge is -2.18. The van der Waals surface area contributed by atoms with Gasteiger partial charge in [0.15, 0.2) is 5.78 Å². The topological polar surface area (TPSA) is 78.3 Å². The lowest BCUT2D eigenvalue weighted by atomic mass is 9.94. The monoisotopic (exact) mass is 506 g/mol. The minimum Gasteiger partial charge on any atom is -0.462 e. The highest BCUT2D eigenvalue weighted by atomic mass is 35.5. The molecule has 8 heteroatoms. The summed E-state index contributed by atoms with van der Waals surface area (Å²) in [5.74, 6) is -1.05. The van der Waals surface area contributed by atoms with Gasteiger partial charge in [-0.25, -0.2) is 4.79 Å². The number of esters is 1. The minimum atomic E-state index is -0.656. The first-order valence-electron chi connectivity index (χ1n) is 10.8. The van der Waals surface area contributed by atoms with Gasteiger partial charge in [0.05, 0.1) is 23.4 Å². The van der Waals surface area contributed by atoms with Crippen molar-refractivity contribution in [3.05, 3.63) is 104 Å². The van der Waals surface area contributed by atoms with Gasteiger partial charge in [0.25, 0.3) is 5.56 Å². The molecule has 0 spiro atoms. The number of hydrogen-bond donors (Lipinski definition) is 0. The fourth-order valence-electron chi connectivity index (χ4n) is 3.76. The van der Waals surface area contributed by atoms with Crippen LogP contribution < -0.4 is 5.56 Å². The third-order valence-electron chi connectivity index (χ3n) is 5.32. The molecular weight excluding hydrogens is 487 g/mol. The third kappa shape index (κ3) is 4.90. The van der Waals surface area contributed by atoms with Gasteiger partial charge in [0.2, 0.25) is 0 Å². The molecular formula is C27H20Cl2N2O4. The Morgan fingerprint density at radius 2 is 1.46 bits per heavy atom. The number of Topliss-reactive ketones (excluding diaryl/α,β-unsaturated/α-hetero) is 1. The van der Waals surface area contributed by atoms with Crippen molar-refractivity contribution in [2.75, 3.05) is 6.61 Å². The Morgan fingerprint density at radius 1 is 0.886 bits per heavy atom. The second kappa shape index (κ2) is 10.3. The van der Waals surface area contributed by atoms with E-state index in [0.29, 0.717) is 32.4 Å². The molecule has 3 aromatic carbocycles. The van der Waals surface area contributed by atoms with Crippen LogP contribution in [-0.4, -0.2) is 28.1 Å². The predicted octanol–water partition coefficient (Wildman–Crippen LogP) is 6.25. The van der Waals surface area contributed by atoms with E-state index < -0.39 is 17.3 Å². The molecule has 176 valence electrons. The van der Waals surface area contributed by atoms with Gasteiger partial charge in [-0.2, -0.15) is 9.78 Å². The van der Waals surface area contributed by atoms with Gasteiger partial charge < -0.3 is 4.74 Å². The van der Waals surface area contributed by atoms with Gasteiger partial charge in [-0.15, -0.1) is 0 Å². The largest absolute Gasteiger partial charge is 0.462 e. The zero-order valence-electron chi connectivity index (χ0n) is 18.9. The van der Waals surface area contributed by atoms with Gasteiger partial charge in [0, 0.05) is 21.2 Å². The molecule has 0 saturated heterocycles. The molecule has 0 saturated carbocycles. The van der Waals surface area contributed by atoms with E-state index >= 15 is 0 Å². The Balaban J connectivity index is 2.12. The highest BCUT2D eigenvalue weighted by Gasteiger charge is 2.25. The maximum atomic E-state index is 13.7. The molecule has 4 aromatic rings. The molecule has 0 aliphatic heterocycles. The number of carbonyl (C=O) groups excluding carboxylic acids is 2. The van der Waals surface area contributed by atoms with Crippen molar-refractivity contribution in [1.29, 1.82) is 0 Å². The van der Waals surface area contributed by atoms with Crippen LogP contribution in [0.3, 0.4) is 0 Å². The standard InChI is InChI=1S/C27H20Cl2N2O4/c1-3-35-27(34)21-6-4-5-7-22(21)31-26(33)23(16(2)32)24(17-8-12-19(28)13-9-17)25(30-31)18-10-14-20(29)15-11-18/h4-15H,3H2,1-2H3. The summed E-state index contributed by atoms with van der Waals surface area (Å²) in [6.45, 7) is 3.18. The van der Waals surface area contributed by atoms with Gasteiger partial charge in [0.1, 0.15) is 5.69 Å². The predicted molar refractivity (Wildman–Crippen MR) is 137 cm³/mol. The molecule has 4 rings (SSSR count). The van der Waals surface area contributed by atoms with E-state index in [1.165, 1.54) is 6.92 Å². The van der Waals surface area contributed by atoms with E-state index in [1.807, 2.05) is 0 Å². The number of nitrogens with zero attached hydrogens (tertiary/aromatic N) is 2. The van der Waals surface area contributed by atoms with Crippen molar-refractivity contribution in [3.8, 4) is 28.1 Å². The van der Waals surface area contributed by atoms with E-state index in [4.69, 9.17) is 27.9 Å². The maximum absolute atomic E-state index is 13.7. The van der Waals surface area contributed by atoms with Crippen LogP contribution in [0.15, 0.2) is 77.6 Å². The van der Waals surface area contributed by atoms with Gasteiger partial charge in [-0.1, -0.05) is 59.6 Å². The Morgan fingerprint density at radius 3 is 2.03 bits per heavy atom. The molecule has 1 aromatic heterocycles. The van der Waals surface area contributed by atoms with Crippen molar-refractivity contribution in [2.45, 2.75) is 13.8 Å². The number of halogens is 2. The second-order valence-corrected chi connectivity index (χ2v) is 8.50. The first-order valence-corrected chi connectivity index (χ1v) is 11.5. The fourth-order valence-corrected chi connectivity index (χ4v) is 4.02. The summed E-state index contributed by atoms with van der Waals surface area (Å²) in [5, 5.41) is 5.69. The Bertz CT molecular complexity index is 1480. The summed E-state index contributed by atoms with van der Waals surface area (Å²) in [6.07, 6.45) is 0. The van der Waals surface area contributed by atoms with E-state index in [0.717, 1.165) is 4.68 Å².